The van der Waals surface area contributed by atoms with Crippen LogP contribution in [0.1, 0.15) is 31.2 Å². The van der Waals surface area contributed by atoms with Gasteiger partial charge in [0.05, 0.1) is 0 Å². The highest BCUT2D eigenvalue weighted by Gasteiger charge is 2.46. The number of nitrogens with one attached hydrogen (secondary N) is 2. The Bertz CT molecular complexity index is 715. The Balaban J connectivity index is 1.52. The molecule has 22 heavy (non-hydrogen) atoms. The Morgan fingerprint density at radius 1 is 1.45 bits per heavy atom. The first-order valence-electron chi connectivity index (χ1n) is 7.84. The summed E-state index contributed by atoms with van der Waals surface area (Å²) in [6.45, 7) is 1.30. The molecule has 4 rings (SSSR count). The lowest BCUT2D eigenvalue weighted by Gasteiger charge is -2.17. The molecule has 1 aromatic carbocycles. The molecule has 116 valence electrons. The minimum atomic E-state index is -0.284. The smallest absolute Gasteiger partial charge is 0.249 e. The largest absolute Gasteiger partial charge is 0.368 e. The summed E-state index contributed by atoms with van der Waals surface area (Å²) in [5.41, 5.74) is 1.98. The van der Waals surface area contributed by atoms with Crippen LogP contribution >= 0.6 is 0 Å². The van der Waals surface area contributed by atoms with Crippen molar-refractivity contribution in [3.05, 3.63) is 35.8 Å². The van der Waals surface area contributed by atoms with Crippen LogP contribution in [0, 0.1) is 5.82 Å². The number of aromatic amines is 1. The number of fused-ring (bicyclic) bond motifs is 1. The molecule has 2 fully saturated rings. The number of halogens is 1. The highest BCUT2D eigenvalue weighted by atomic mass is 19.1. The van der Waals surface area contributed by atoms with E-state index in [1.807, 2.05) is 12.3 Å². The molecule has 0 radical (unpaired) electrons. The van der Waals surface area contributed by atoms with Crippen molar-refractivity contribution < 1.29 is 13.9 Å². The molecule has 4 nitrogen and oxygen atoms in total. The van der Waals surface area contributed by atoms with Gasteiger partial charge in [0, 0.05) is 35.7 Å². The summed E-state index contributed by atoms with van der Waals surface area (Å²) < 4.78 is 18.7. The standard InChI is InChI=1S/C17H19FN2O2/c18-11-3-4-12-13(9-19-14(12)8-11)17(5-6-17)10-20-16(21)15-2-1-7-22-15/h3-4,8-9,15,19H,1-2,5-7,10H2,(H,20,21). The summed E-state index contributed by atoms with van der Waals surface area (Å²) in [7, 11) is 0. The van der Waals surface area contributed by atoms with Crippen LogP contribution in [-0.4, -0.2) is 30.1 Å². The van der Waals surface area contributed by atoms with Crippen molar-refractivity contribution in [1.29, 1.82) is 0 Å². The predicted octanol–water partition coefficient (Wildman–Crippen LogP) is 2.63. The number of rotatable bonds is 4. The van der Waals surface area contributed by atoms with Crippen LogP contribution in [0.3, 0.4) is 0 Å². The highest BCUT2D eigenvalue weighted by molar-refractivity contribution is 5.85. The van der Waals surface area contributed by atoms with E-state index in [1.165, 1.54) is 17.7 Å². The summed E-state index contributed by atoms with van der Waals surface area (Å²) in [5.74, 6) is -0.243. The van der Waals surface area contributed by atoms with Gasteiger partial charge in [-0.25, -0.2) is 4.39 Å². The lowest BCUT2D eigenvalue weighted by atomic mass is 9.95. The van der Waals surface area contributed by atoms with Gasteiger partial charge in [-0.15, -0.1) is 0 Å². The number of ether oxygens (including phenoxy) is 1. The van der Waals surface area contributed by atoms with E-state index in [0.29, 0.717) is 13.2 Å². The van der Waals surface area contributed by atoms with Gasteiger partial charge in [-0.1, -0.05) is 0 Å². The van der Waals surface area contributed by atoms with Crippen molar-refractivity contribution in [2.75, 3.05) is 13.2 Å². The van der Waals surface area contributed by atoms with Crippen LogP contribution in [-0.2, 0) is 14.9 Å². The second-order valence-electron chi connectivity index (χ2n) is 6.39. The van der Waals surface area contributed by atoms with Crippen molar-refractivity contribution in [3.8, 4) is 0 Å². The number of benzene rings is 1. The minimum absolute atomic E-state index is 0.00494. The van der Waals surface area contributed by atoms with Gasteiger partial charge in [0.25, 0.3) is 0 Å². The van der Waals surface area contributed by atoms with Gasteiger partial charge in [0.15, 0.2) is 0 Å². The zero-order valence-corrected chi connectivity index (χ0v) is 12.3. The second-order valence-corrected chi connectivity index (χ2v) is 6.39. The zero-order chi connectivity index (χ0) is 15.2. The molecule has 1 atom stereocenters. The molecular weight excluding hydrogens is 283 g/mol. The van der Waals surface area contributed by atoms with E-state index in [2.05, 4.69) is 10.3 Å². The Morgan fingerprint density at radius 3 is 3.05 bits per heavy atom. The normalized spacial score (nSPS) is 22.9. The van der Waals surface area contributed by atoms with Crippen molar-refractivity contribution in [2.45, 2.75) is 37.2 Å². The maximum Gasteiger partial charge on any atom is 0.249 e. The highest BCUT2D eigenvalue weighted by Crippen LogP contribution is 2.50. The number of amides is 1. The monoisotopic (exact) mass is 302 g/mol. The molecule has 2 aromatic rings. The average Bonchev–Trinajstić information content (AvgIpc) is 2.95. The lowest BCUT2D eigenvalue weighted by molar-refractivity contribution is -0.130. The van der Waals surface area contributed by atoms with E-state index in [0.717, 1.165) is 36.6 Å². The molecular formula is C17H19FN2O2. The summed E-state index contributed by atoms with van der Waals surface area (Å²) in [6.07, 6.45) is 5.53. The molecule has 0 spiro atoms. The summed E-state index contributed by atoms with van der Waals surface area (Å²) in [4.78, 5) is 15.2. The average molecular weight is 302 g/mol. The molecule has 2 aliphatic rings. The Kier molecular flexibility index (Phi) is 3.18. The van der Waals surface area contributed by atoms with Crippen molar-refractivity contribution in [3.63, 3.8) is 0 Å². The predicted molar refractivity (Wildman–Crippen MR) is 81.2 cm³/mol. The van der Waals surface area contributed by atoms with Crippen molar-refractivity contribution in [1.82, 2.24) is 10.3 Å². The lowest BCUT2D eigenvalue weighted by Crippen LogP contribution is -2.38. The molecule has 1 saturated heterocycles. The van der Waals surface area contributed by atoms with Crippen LogP contribution in [0.2, 0.25) is 0 Å². The minimum Gasteiger partial charge on any atom is -0.368 e. The molecule has 1 aromatic heterocycles. The first kappa shape index (κ1) is 13.8. The molecule has 1 saturated carbocycles. The number of aromatic nitrogens is 1. The fraction of sp³-hybridized carbons (Fsp3) is 0.471. The van der Waals surface area contributed by atoms with Crippen molar-refractivity contribution in [2.24, 2.45) is 0 Å². The Labute approximate surface area is 128 Å². The van der Waals surface area contributed by atoms with Gasteiger partial charge >= 0.3 is 0 Å². The van der Waals surface area contributed by atoms with Crippen LogP contribution in [0.4, 0.5) is 4.39 Å². The first-order valence-corrected chi connectivity index (χ1v) is 7.84. The second kappa shape index (κ2) is 5.09. The van der Waals surface area contributed by atoms with Gasteiger partial charge in [-0.2, -0.15) is 0 Å². The topological polar surface area (TPSA) is 54.1 Å². The molecule has 2 heterocycles. The SMILES string of the molecule is O=C(NCC1(c2c[nH]c3cc(F)ccc23)CC1)C1CCCO1. The van der Waals surface area contributed by atoms with Crippen LogP contribution in [0.5, 0.6) is 0 Å². The summed E-state index contributed by atoms with van der Waals surface area (Å²) in [5, 5.41) is 4.09. The quantitative estimate of drug-likeness (QED) is 0.912. The maximum absolute atomic E-state index is 13.3. The number of carbonyl (C=O) groups is 1. The summed E-state index contributed by atoms with van der Waals surface area (Å²) in [6, 6.07) is 4.82. The number of hydrogen-bond donors (Lipinski definition) is 2. The molecule has 0 bridgehead atoms. The van der Waals surface area contributed by atoms with E-state index in [1.54, 1.807) is 0 Å². The fourth-order valence-corrected chi connectivity index (χ4v) is 3.38. The molecule has 1 unspecified atom stereocenters. The summed E-state index contributed by atoms with van der Waals surface area (Å²) >= 11 is 0. The van der Waals surface area contributed by atoms with Gasteiger partial charge in [0.1, 0.15) is 11.9 Å². The van der Waals surface area contributed by atoms with Gasteiger partial charge < -0.3 is 15.0 Å². The molecule has 1 amide bonds. The van der Waals surface area contributed by atoms with Crippen LogP contribution in [0.15, 0.2) is 24.4 Å². The van der Waals surface area contributed by atoms with E-state index in [4.69, 9.17) is 4.74 Å². The number of carbonyl (C=O) groups excluding carboxylic acids is 1. The molecule has 5 heteroatoms. The third-order valence-electron chi connectivity index (χ3n) is 4.89. The van der Waals surface area contributed by atoms with E-state index < -0.39 is 0 Å². The van der Waals surface area contributed by atoms with E-state index >= 15 is 0 Å². The number of hydrogen-bond acceptors (Lipinski definition) is 2. The zero-order valence-electron chi connectivity index (χ0n) is 12.3. The van der Waals surface area contributed by atoms with Crippen molar-refractivity contribution >= 4 is 16.8 Å². The first-order chi connectivity index (χ1) is 10.7. The third kappa shape index (κ3) is 2.29. The molecule has 2 N–H and O–H groups in total. The van der Waals surface area contributed by atoms with Crippen LogP contribution < -0.4 is 5.32 Å². The van der Waals surface area contributed by atoms with Gasteiger partial charge in [0.2, 0.25) is 5.91 Å². The van der Waals surface area contributed by atoms with E-state index in [9.17, 15) is 9.18 Å². The third-order valence-corrected chi connectivity index (χ3v) is 4.89. The maximum atomic E-state index is 13.3. The van der Waals surface area contributed by atoms with E-state index in [-0.39, 0.29) is 23.2 Å². The van der Waals surface area contributed by atoms with Gasteiger partial charge in [-0.05, 0) is 49.4 Å². The molecule has 1 aliphatic heterocycles. The number of H-pyrrole nitrogens is 1. The fourth-order valence-electron chi connectivity index (χ4n) is 3.38. The van der Waals surface area contributed by atoms with Gasteiger partial charge in [-0.3, -0.25) is 4.79 Å². The Hall–Kier alpha value is -1.88. The molecule has 1 aliphatic carbocycles. The van der Waals surface area contributed by atoms with Crippen LogP contribution in [0.25, 0.3) is 10.9 Å². The Morgan fingerprint density at radius 2 is 2.32 bits per heavy atom.